The molecule has 1 N–H and O–H groups in total. The van der Waals surface area contributed by atoms with Crippen molar-refractivity contribution in [2.45, 2.75) is 26.7 Å². The maximum atomic E-state index is 13.7. The standard InChI is InChI=1S/C14H18FN3S/c1-3-7-16-8-6-13-17-18-14(19-13)11-9-10(2)4-5-12(11)15/h4-5,9,16H,3,6-8H2,1-2H3. The Morgan fingerprint density at radius 3 is 2.89 bits per heavy atom. The summed E-state index contributed by atoms with van der Waals surface area (Å²) in [4.78, 5) is 0. The van der Waals surface area contributed by atoms with Gasteiger partial charge in [0, 0.05) is 18.5 Å². The SMILES string of the molecule is CCCNCCc1nnc(-c2cc(C)ccc2F)s1. The number of aryl methyl sites for hydroxylation is 1. The fourth-order valence-electron chi connectivity index (χ4n) is 1.76. The van der Waals surface area contributed by atoms with Gasteiger partial charge in [0.05, 0.1) is 0 Å². The molecule has 102 valence electrons. The van der Waals surface area contributed by atoms with Gasteiger partial charge in [-0.3, -0.25) is 0 Å². The molecule has 0 atom stereocenters. The molecule has 0 bridgehead atoms. The Morgan fingerprint density at radius 1 is 1.26 bits per heavy atom. The van der Waals surface area contributed by atoms with E-state index in [4.69, 9.17) is 0 Å². The molecule has 0 aliphatic carbocycles. The average molecular weight is 279 g/mol. The highest BCUT2D eigenvalue weighted by molar-refractivity contribution is 7.14. The Morgan fingerprint density at radius 2 is 2.11 bits per heavy atom. The lowest BCUT2D eigenvalue weighted by molar-refractivity contribution is 0.630. The summed E-state index contributed by atoms with van der Waals surface area (Å²) < 4.78 is 13.7. The van der Waals surface area contributed by atoms with Gasteiger partial charge >= 0.3 is 0 Å². The highest BCUT2D eigenvalue weighted by atomic mass is 32.1. The molecule has 3 nitrogen and oxygen atoms in total. The topological polar surface area (TPSA) is 37.8 Å². The summed E-state index contributed by atoms with van der Waals surface area (Å²) in [6.45, 7) is 5.98. The van der Waals surface area contributed by atoms with Crippen LogP contribution in [0.1, 0.15) is 23.9 Å². The molecular weight excluding hydrogens is 261 g/mol. The van der Waals surface area contributed by atoms with Crippen LogP contribution < -0.4 is 5.32 Å². The predicted molar refractivity (Wildman–Crippen MR) is 76.9 cm³/mol. The molecule has 0 aliphatic rings. The normalized spacial score (nSPS) is 10.9. The van der Waals surface area contributed by atoms with Crippen LogP contribution in [0.4, 0.5) is 4.39 Å². The fraction of sp³-hybridized carbons (Fsp3) is 0.429. The summed E-state index contributed by atoms with van der Waals surface area (Å²) in [6, 6.07) is 5.05. The zero-order chi connectivity index (χ0) is 13.7. The van der Waals surface area contributed by atoms with E-state index in [9.17, 15) is 4.39 Å². The van der Waals surface area contributed by atoms with E-state index in [2.05, 4.69) is 22.4 Å². The van der Waals surface area contributed by atoms with Crippen LogP contribution in [0.3, 0.4) is 0 Å². The number of halogens is 1. The molecule has 1 aromatic carbocycles. The quantitative estimate of drug-likeness (QED) is 0.825. The Balaban J connectivity index is 2.06. The van der Waals surface area contributed by atoms with Gasteiger partial charge in [-0.05, 0) is 32.0 Å². The van der Waals surface area contributed by atoms with Crippen molar-refractivity contribution in [1.82, 2.24) is 15.5 Å². The van der Waals surface area contributed by atoms with E-state index in [1.54, 1.807) is 6.07 Å². The van der Waals surface area contributed by atoms with Gasteiger partial charge in [0.1, 0.15) is 10.8 Å². The second-order valence-corrected chi connectivity index (χ2v) is 5.55. The first-order valence-corrected chi connectivity index (χ1v) is 7.32. The van der Waals surface area contributed by atoms with Gasteiger partial charge in [0.2, 0.25) is 0 Å². The van der Waals surface area contributed by atoms with Crippen molar-refractivity contribution in [3.63, 3.8) is 0 Å². The van der Waals surface area contributed by atoms with Crippen LogP contribution in [0, 0.1) is 12.7 Å². The lowest BCUT2D eigenvalue weighted by Crippen LogP contribution is -2.17. The first-order chi connectivity index (χ1) is 9.20. The Bertz CT molecular complexity index is 539. The van der Waals surface area contributed by atoms with Crippen LogP contribution in [0.25, 0.3) is 10.6 Å². The Labute approximate surface area is 116 Å². The third kappa shape index (κ3) is 3.81. The van der Waals surface area contributed by atoms with Crippen molar-refractivity contribution in [1.29, 1.82) is 0 Å². The van der Waals surface area contributed by atoms with Crippen LogP contribution in [-0.2, 0) is 6.42 Å². The van der Waals surface area contributed by atoms with Crippen molar-refractivity contribution in [2.24, 2.45) is 0 Å². The van der Waals surface area contributed by atoms with Crippen molar-refractivity contribution >= 4 is 11.3 Å². The number of nitrogens with zero attached hydrogens (tertiary/aromatic N) is 2. The van der Waals surface area contributed by atoms with E-state index in [1.807, 2.05) is 13.0 Å². The second kappa shape index (κ2) is 6.73. The monoisotopic (exact) mass is 279 g/mol. The number of benzene rings is 1. The minimum atomic E-state index is -0.239. The predicted octanol–water partition coefficient (Wildman–Crippen LogP) is 3.19. The maximum absolute atomic E-state index is 13.7. The summed E-state index contributed by atoms with van der Waals surface area (Å²) in [5, 5.41) is 13.1. The molecule has 2 rings (SSSR count). The van der Waals surface area contributed by atoms with Crippen LogP contribution in [0.5, 0.6) is 0 Å². The molecule has 0 saturated heterocycles. The molecule has 0 unspecified atom stereocenters. The molecule has 5 heteroatoms. The van der Waals surface area contributed by atoms with Crippen molar-refractivity contribution in [3.8, 4) is 10.6 Å². The number of nitrogens with one attached hydrogen (secondary N) is 1. The minimum absolute atomic E-state index is 0.239. The Hall–Kier alpha value is -1.33. The van der Waals surface area contributed by atoms with E-state index >= 15 is 0 Å². The molecule has 0 radical (unpaired) electrons. The van der Waals surface area contributed by atoms with Crippen LogP contribution in [-0.4, -0.2) is 23.3 Å². The summed E-state index contributed by atoms with van der Waals surface area (Å²) in [6.07, 6.45) is 1.96. The van der Waals surface area contributed by atoms with E-state index in [0.717, 1.165) is 36.5 Å². The highest BCUT2D eigenvalue weighted by Crippen LogP contribution is 2.27. The van der Waals surface area contributed by atoms with Crippen molar-refractivity contribution in [2.75, 3.05) is 13.1 Å². The molecule has 19 heavy (non-hydrogen) atoms. The zero-order valence-corrected chi connectivity index (χ0v) is 12.1. The summed E-state index contributed by atoms with van der Waals surface area (Å²) in [5.41, 5.74) is 1.57. The van der Waals surface area contributed by atoms with Gasteiger partial charge < -0.3 is 5.32 Å². The molecule has 0 aliphatic heterocycles. The molecule has 0 saturated carbocycles. The lowest BCUT2D eigenvalue weighted by Gasteiger charge is -2.00. The molecule has 1 aromatic heterocycles. The largest absolute Gasteiger partial charge is 0.316 e. The first-order valence-electron chi connectivity index (χ1n) is 6.50. The number of rotatable bonds is 6. The summed E-state index contributed by atoms with van der Waals surface area (Å²) in [5.74, 6) is -0.239. The highest BCUT2D eigenvalue weighted by Gasteiger charge is 2.11. The van der Waals surface area contributed by atoms with E-state index < -0.39 is 0 Å². The average Bonchev–Trinajstić information content (AvgIpc) is 2.86. The van der Waals surface area contributed by atoms with Crippen LogP contribution in [0.2, 0.25) is 0 Å². The summed E-state index contributed by atoms with van der Waals surface area (Å²) >= 11 is 1.46. The fourth-order valence-corrected chi connectivity index (χ4v) is 2.62. The lowest BCUT2D eigenvalue weighted by atomic mass is 10.1. The van der Waals surface area contributed by atoms with Gasteiger partial charge in [-0.15, -0.1) is 10.2 Å². The van der Waals surface area contributed by atoms with E-state index in [0.29, 0.717) is 10.6 Å². The molecule has 0 spiro atoms. The van der Waals surface area contributed by atoms with Crippen LogP contribution in [0.15, 0.2) is 18.2 Å². The second-order valence-electron chi connectivity index (χ2n) is 4.48. The number of hydrogen-bond acceptors (Lipinski definition) is 4. The van der Waals surface area contributed by atoms with Gasteiger partial charge in [0.25, 0.3) is 0 Å². The molecular formula is C14H18FN3S. The van der Waals surface area contributed by atoms with Crippen molar-refractivity contribution in [3.05, 3.63) is 34.6 Å². The first kappa shape index (κ1) is 14.1. The number of aromatic nitrogens is 2. The van der Waals surface area contributed by atoms with E-state index in [-0.39, 0.29) is 5.82 Å². The Kier molecular flexibility index (Phi) is 4.99. The molecule has 0 amide bonds. The van der Waals surface area contributed by atoms with Gasteiger partial charge in [-0.1, -0.05) is 29.9 Å². The van der Waals surface area contributed by atoms with Gasteiger partial charge in [-0.2, -0.15) is 0 Å². The van der Waals surface area contributed by atoms with Crippen LogP contribution >= 0.6 is 11.3 Å². The van der Waals surface area contributed by atoms with Gasteiger partial charge in [-0.25, -0.2) is 4.39 Å². The zero-order valence-electron chi connectivity index (χ0n) is 11.2. The maximum Gasteiger partial charge on any atom is 0.150 e. The van der Waals surface area contributed by atoms with E-state index in [1.165, 1.54) is 17.4 Å². The minimum Gasteiger partial charge on any atom is -0.316 e. The molecule has 1 heterocycles. The number of hydrogen-bond donors (Lipinski definition) is 1. The smallest absolute Gasteiger partial charge is 0.150 e. The van der Waals surface area contributed by atoms with Gasteiger partial charge in [0.15, 0.2) is 5.01 Å². The third-order valence-electron chi connectivity index (χ3n) is 2.76. The summed E-state index contributed by atoms with van der Waals surface area (Å²) in [7, 11) is 0. The third-order valence-corrected chi connectivity index (χ3v) is 3.78. The molecule has 2 aromatic rings. The van der Waals surface area contributed by atoms with Crippen molar-refractivity contribution < 1.29 is 4.39 Å². The molecule has 0 fully saturated rings.